The van der Waals surface area contributed by atoms with E-state index in [1.807, 2.05) is 60.7 Å². The van der Waals surface area contributed by atoms with Gasteiger partial charge in [-0.05, 0) is 90.4 Å². The number of sulfonamides is 1. The topological polar surface area (TPSA) is 78.5 Å². The lowest BCUT2D eigenvalue weighted by Crippen LogP contribution is -2.36. The number of benzene rings is 4. The van der Waals surface area contributed by atoms with Crippen LogP contribution in [0, 0.1) is 0 Å². The van der Waals surface area contributed by atoms with Crippen LogP contribution in [0.5, 0.6) is 0 Å². The number of amides is 1. The van der Waals surface area contributed by atoms with E-state index in [2.05, 4.69) is 33.1 Å². The largest absolute Gasteiger partial charge is 0.349 e. The Hall–Kier alpha value is -3.52. The minimum Gasteiger partial charge on any atom is -0.349 e. The number of piperidine rings is 1. The highest BCUT2D eigenvalue weighted by molar-refractivity contribution is 7.89. The van der Waals surface area contributed by atoms with Crippen molar-refractivity contribution in [2.24, 2.45) is 0 Å². The molecule has 4 aromatic rings. The molecule has 2 N–H and O–H groups in total. The smallest absolute Gasteiger partial charge is 0.241 e. The molecule has 0 aromatic heterocycles. The summed E-state index contributed by atoms with van der Waals surface area (Å²) >= 11 is 0. The maximum atomic E-state index is 13.5. The van der Waals surface area contributed by atoms with Gasteiger partial charge in [0.25, 0.3) is 0 Å². The second-order valence-corrected chi connectivity index (χ2v) is 13.4. The normalized spacial score (nSPS) is 18.3. The first kappa shape index (κ1) is 28.6. The number of carbonyl (C=O) groups excluding carboxylic acids is 1. The summed E-state index contributed by atoms with van der Waals surface area (Å²) in [4.78, 5) is 16.2. The number of nitrogens with zero attached hydrogens (tertiary/aromatic N) is 1. The molecular weight excluding hydrogens is 542 g/mol. The SMILES string of the molecule is O=C(C[C@@H](NS(=O)(=O)c1ccc2ccccc2c1)c1ccccc1)NC1CCCc2cc(CN3CCCCC3)ccc21. The molecule has 4 aromatic carbocycles. The van der Waals surface area contributed by atoms with Crippen LogP contribution >= 0.6 is 0 Å². The minimum atomic E-state index is -3.88. The summed E-state index contributed by atoms with van der Waals surface area (Å²) in [6.45, 7) is 3.33. The average Bonchev–Trinajstić information content (AvgIpc) is 3.01. The number of hydrogen-bond donors (Lipinski definition) is 2. The van der Waals surface area contributed by atoms with Gasteiger partial charge in [0.2, 0.25) is 15.9 Å². The van der Waals surface area contributed by atoms with Crippen molar-refractivity contribution in [2.45, 2.75) is 68.5 Å². The monoisotopic (exact) mass is 581 g/mol. The van der Waals surface area contributed by atoms with Crippen molar-refractivity contribution in [3.05, 3.63) is 113 Å². The summed E-state index contributed by atoms with van der Waals surface area (Å²) in [6.07, 6.45) is 6.81. The van der Waals surface area contributed by atoms with Crippen LogP contribution in [0.2, 0.25) is 0 Å². The van der Waals surface area contributed by atoms with Crippen molar-refractivity contribution < 1.29 is 13.2 Å². The molecule has 2 aliphatic rings. The number of carbonyl (C=O) groups is 1. The Bertz CT molecular complexity index is 1650. The molecule has 1 saturated heterocycles. The number of aryl methyl sites for hydroxylation is 1. The van der Waals surface area contributed by atoms with E-state index in [-0.39, 0.29) is 23.3 Å². The lowest BCUT2D eigenvalue weighted by atomic mass is 9.86. The van der Waals surface area contributed by atoms with Gasteiger partial charge in [0.15, 0.2) is 0 Å². The van der Waals surface area contributed by atoms with E-state index in [9.17, 15) is 13.2 Å². The predicted molar refractivity (Wildman–Crippen MR) is 167 cm³/mol. The van der Waals surface area contributed by atoms with E-state index in [1.54, 1.807) is 12.1 Å². The van der Waals surface area contributed by atoms with Gasteiger partial charge in [0, 0.05) is 13.0 Å². The molecule has 6 nitrogen and oxygen atoms in total. The summed E-state index contributed by atoms with van der Waals surface area (Å²) in [7, 11) is -3.88. The first-order chi connectivity index (χ1) is 20.4. The van der Waals surface area contributed by atoms with Crippen LogP contribution in [-0.2, 0) is 27.8 Å². The van der Waals surface area contributed by atoms with Gasteiger partial charge in [0.1, 0.15) is 0 Å². The first-order valence-electron chi connectivity index (χ1n) is 15.1. The van der Waals surface area contributed by atoms with E-state index >= 15 is 0 Å². The van der Waals surface area contributed by atoms with Gasteiger partial charge < -0.3 is 5.32 Å². The molecule has 2 atom stereocenters. The number of likely N-dealkylation sites (tertiary alicyclic amines) is 1. The third-order valence-corrected chi connectivity index (χ3v) is 10.1. The lowest BCUT2D eigenvalue weighted by Gasteiger charge is -2.29. The van der Waals surface area contributed by atoms with Crippen molar-refractivity contribution in [1.29, 1.82) is 0 Å². The molecule has 6 rings (SSSR count). The molecule has 0 spiro atoms. The number of hydrogen-bond acceptors (Lipinski definition) is 4. The number of fused-ring (bicyclic) bond motifs is 2. The predicted octanol–water partition coefficient (Wildman–Crippen LogP) is 6.43. The standard InChI is InChI=1S/C35H39N3O3S/c39-35(36-33-15-9-14-30-22-26(16-19-32(30)33)25-38-20-7-2-8-21-38)24-34(28-11-3-1-4-12-28)37-42(40,41)31-18-17-27-10-5-6-13-29(27)23-31/h1,3-6,10-13,16-19,22-23,33-34,37H,2,7-9,14-15,20-21,24-25H2,(H,36,39)/t33?,34-/m1/s1. The molecule has 0 radical (unpaired) electrons. The molecule has 1 unspecified atom stereocenters. The Morgan fingerprint density at radius 2 is 1.60 bits per heavy atom. The van der Waals surface area contributed by atoms with Gasteiger partial charge in [-0.1, -0.05) is 85.3 Å². The van der Waals surface area contributed by atoms with Crippen molar-refractivity contribution in [3.8, 4) is 0 Å². The molecular formula is C35H39N3O3S. The van der Waals surface area contributed by atoms with E-state index in [0.29, 0.717) is 0 Å². The maximum Gasteiger partial charge on any atom is 0.241 e. The molecule has 1 aliphatic carbocycles. The summed E-state index contributed by atoms with van der Waals surface area (Å²) in [5, 5.41) is 5.07. The fourth-order valence-corrected chi connectivity index (χ4v) is 7.69. The van der Waals surface area contributed by atoms with E-state index in [0.717, 1.165) is 42.1 Å². The molecule has 42 heavy (non-hydrogen) atoms. The number of nitrogens with one attached hydrogen (secondary N) is 2. The van der Waals surface area contributed by atoms with Crippen LogP contribution in [0.25, 0.3) is 10.8 Å². The quantitative estimate of drug-likeness (QED) is 0.239. The highest BCUT2D eigenvalue weighted by atomic mass is 32.2. The molecule has 7 heteroatoms. The molecule has 1 fully saturated rings. The van der Waals surface area contributed by atoms with Crippen LogP contribution in [0.4, 0.5) is 0 Å². The second kappa shape index (κ2) is 12.8. The summed E-state index contributed by atoms with van der Waals surface area (Å²) in [6, 6.07) is 28.1. The molecule has 218 valence electrons. The third kappa shape index (κ3) is 6.75. The van der Waals surface area contributed by atoms with Crippen molar-refractivity contribution >= 4 is 26.7 Å². The van der Waals surface area contributed by atoms with Gasteiger partial charge in [-0.2, -0.15) is 0 Å². The van der Waals surface area contributed by atoms with E-state index in [1.165, 1.54) is 49.0 Å². The summed E-state index contributed by atoms with van der Waals surface area (Å²) < 4.78 is 29.9. The van der Waals surface area contributed by atoms with Crippen LogP contribution in [0.15, 0.2) is 95.9 Å². The molecule has 1 heterocycles. The minimum absolute atomic E-state index is 0.00962. The third-order valence-electron chi connectivity index (χ3n) is 8.63. The molecule has 0 saturated carbocycles. The zero-order valence-corrected chi connectivity index (χ0v) is 24.8. The first-order valence-corrected chi connectivity index (χ1v) is 16.6. The van der Waals surface area contributed by atoms with Crippen molar-refractivity contribution in [2.75, 3.05) is 13.1 Å². The van der Waals surface area contributed by atoms with Crippen molar-refractivity contribution in [3.63, 3.8) is 0 Å². The lowest BCUT2D eigenvalue weighted by molar-refractivity contribution is -0.122. The van der Waals surface area contributed by atoms with Gasteiger partial charge in [-0.25, -0.2) is 13.1 Å². The Morgan fingerprint density at radius 3 is 2.40 bits per heavy atom. The number of rotatable bonds is 9. The Balaban J connectivity index is 1.17. The van der Waals surface area contributed by atoms with Gasteiger partial charge in [-0.15, -0.1) is 0 Å². The fraction of sp³-hybridized carbons (Fsp3) is 0.343. The highest BCUT2D eigenvalue weighted by Gasteiger charge is 2.27. The van der Waals surface area contributed by atoms with E-state index < -0.39 is 16.1 Å². The van der Waals surface area contributed by atoms with Crippen LogP contribution in [-0.4, -0.2) is 32.3 Å². The Morgan fingerprint density at radius 1 is 0.833 bits per heavy atom. The van der Waals surface area contributed by atoms with Gasteiger partial charge in [-0.3, -0.25) is 9.69 Å². The summed E-state index contributed by atoms with van der Waals surface area (Å²) in [5.74, 6) is -0.166. The molecule has 1 amide bonds. The van der Waals surface area contributed by atoms with Crippen LogP contribution < -0.4 is 10.0 Å². The molecule has 0 bridgehead atoms. The zero-order chi connectivity index (χ0) is 28.9. The van der Waals surface area contributed by atoms with Gasteiger partial charge in [0.05, 0.1) is 17.0 Å². The average molecular weight is 582 g/mol. The van der Waals surface area contributed by atoms with Crippen LogP contribution in [0.3, 0.4) is 0 Å². The Kier molecular flexibility index (Phi) is 8.70. The van der Waals surface area contributed by atoms with Crippen molar-refractivity contribution in [1.82, 2.24) is 14.9 Å². The highest BCUT2D eigenvalue weighted by Crippen LogP contribution is 2.32. The fourth-order valence-electron chi connectivity index (χ4n) is 6.43. The Labute approximate surface area is 249 Å². The van der Waals surface area contributed by atoms with E-state index in [4.69, 9.17) is 0 Å². The van der Waals surface area contributed by atoms with Crippen LogP contribution in [0.1, 0.15) is 72.9 Å². The van der Waals surface area contributed by atoms with Gasteiger partial charge >= 0.3 is 0 Å². The maximum absolute atomic E-state index is 13.5. The zero-order valence-electron chi connectivity index (χ0n) is 24.0. The second-order valence-electron chi connectivity index (χ2n) is 11.7. The molecule has 1 aliphatic heterocycles. The summed E-state index contributed by atoms with van der Waals surface area (Å²) in [5.41, 5.74) is 4.60.